The number of carbonyl (C=O) groups is 2. The van der Waals surface area contributed by atoms with Gasteiger partial charge in [0.05, 0.1) is 5.92 Å². The van der Waals surface area contributed by atoms with Gasteiger partial charge in [-0.3, -0.25) is 9.59 Å². The molecule has 1 aliphatic heterocycles. The molecule has 1 unspecified atom stereocenters. The van der Waals surface area contributed by atoms with Crippen molar-refractivity contribution in [1.29, 1.82) is 0 Å². The summed E-state index contributed by atoms with van der Waals surface area (Å²) in [6.45, 7) is 11.6. The Morgan fingerprint density at radius 1 is 1.15 bits per heavy atom. The van der Waals surface area contributed by atoms with Gasteiger partial charge in [-0.05, 0) is 62.8 Å². The molecular formula is C21H31FN2O2. The fourth-order valence-corrected chi connectivity index (χ4v) is 3.96. The second-order valence-corrected chi connectivity index (χ2v) is 9.21. The van der Waals surface area contributed by atoms with E-state index in [9.17, 15) is 14.0 Å². The fourth-order valence-electron chi connectivity index (χ4n) is 3.96. The highest BCUT2D eigenvalue weighted by Gasteiger charge is 2.33. The van der Waals surface area contributed by atoms with Gasteiger partial charge in [0.25, 0.3) is 5.91 Å². The van der Waals surface area contributed by atoms with Crippen LogP contribution >= 0.6 is 0 Å². The Balaban J connectivity index is 1.99. The van der Waals surface area contributed by atoms with Crippen LogP contribution in [0.15, 0.2) is 24.3 Å². The molecule has 2 amide bonds. The number of amides is 2. The SMILES string of the molecule is CC(C)(C)CC(C)(C)NC(=O)C1CCCN(C(=O)c2ccc(F)cc2)C1. The summed E-state index contributed by atoms with van der Waals surface area (Å²) in [4.78, 5) is 27.1. The Hall–Kier alpha value is -1.91. The molecule has 1 aromatic rings. The van der Waals surface area contributed by atoms with Gasteiger partial charge >= 0.3 is 0 Å². The summed E-state index contributed by atoms with van der Waals surface area (Å²) in [5, 5.41) is 3.16. The zero-order valence-electron chi connectivity index (χ0n) is 16.6. The molecule has 1 aromatic carbocycles. The number of hydrogen-bond donors (Lipinski definition) is 1. The van der Waals surface area contributed by atoms with Gasteiger partial charge in [-0.15, -0.1) is 0 Å². The molecular weight excluding hydrogens is 331 g/mol. The van der Waals surface area contributed by atoms with E-state index >= 15 is 0 Å². The lowest BCUT2D eigenvalue weighted by Gasteiger charge is -2.37. The quantitative estimate of drug-likeness (QED) is 0.880. The van der Waals surface area contributed by atoms with E-state index in [0.717, 1.165) is 19.3 Å². The molecule has 144 valence electrons. The molecule has 1 fully saturated rings. The van der Waals surface area contributed by atoms with Crippen molar-refractivity contribution in [2.24, 2.45) is 11.3 Å². The summed E-state index contributed by atoms with van der Waals surface area (Å²) >= 11 is 0. The zero-order valence-corrected chi connectivity index (χ0v) is 16.6. The van der Waals surface area contributed by atoms with Gasteiger partial charge in [-0.2, -0.15) is 0 Å². The predicted octanol–water partition coefficient (Wildman–Crippen LogP) is 4.01. The first-order chi connectivity index (χ1) is 12.0. The number of nitrogens with one attached hydrogen (secondary N) is 1. The highest BCUT2D eigenvalue weighted by molar-refractivity contribution is 5.94. The van der Waals surface area contributed by atoms with Gasteiger partial charge in [-0.25, -0.2) is 4.39 Å². The zero-order chi connectivity index (χ0) is 19.5. The van der Waals surface area contributed by atoms with Crippen LogP contribution in [0.25, 0.3) is 0 Å². The Bertz CT molecular complexity index is 647. The summed E-state index contributed by atoms with van der Waals surface area (Å²) < 4.78 is 13.1. The van der Waals surface area contributed by atoms with Crippen molar-refractivity contribution in [1.82, 2.24) is 10.2 Å². The van der Waals surface area contributed by atoms with Crippen LogP contribution in [0, 0.1) is 17.2 Å². The number of piperidine rings is 1. The van der Waals surface area contributed by atoms with E-state index in [1.807, 2.05) is 13.8 Å². The maximum Gasteiger partial charge on any atom is 0.253 e. The van der Waals surface area contributed by atoms with Crippen LogP contribution in [0.2, 0.25) is 0 Å². The smallest absolute Gasteiger partial charge is 0.253 e. The minimum Gasteiger partial charge on any atom is -0.351 e. The van der Waals surface area contributed by atoms with E-state index in [2.05, 4.69) is 26.1 Å². The van der Waals surface area contributed by atoms with Crippen LogP contribution < -0.4 is 5.32 Å². The third-order valence-electron chi connectivity index (χ3n) is 4.60. The van der Waals surface area contributed by atoms with Crippen molar-refractivity contribution in [3.05, 3.63) is 35.6 Å². The predicted molar refractivity (Wildman–Crippen MR) is 101 cm³/mol. The number of carbonyl (C=O) groups excluding carboxylic acids is 2. The molecule has 1 saturated heterocycles. The molecule has 26 heavy (non-hydrogen) atoms. The first-order valence-electron chi connectivity index (χ1n) is 9.34. The van der Waals surface area contributed by atoms with Crippen LogP contribution in [0.5, 0.6) is 0 Å². The number of hydrogen-bond acceptors (Lipinski definition) is 2. The van der Waals surface area contributed by atoms with Crippen LogP contribution in [-0.4, -0.2) is 35.3 Å². The Morgan fingerprint density at radius 3 is 2.35 bits per heavy atom. The van der Waals surface area contributed by atoms with Crippen molar-refractivity contribution in [2.75, 3.05) is 13.1 Å². The largest absolute Gasteiger partial charge is 0.351 e. The normalized spacial score (nSPS) is 18.5. The average Bonchev–Trinajstić information content (AvgIpc) is 2.52. The Labute approximate surface area is 156 Å². The van der Waals surface area contributed by atoms with E-state index < -0.39 is 0 Å². The molecule has 2 rings (SSSR count). The molecule has 1 N–H and O–H groups in total. The van der Waals surface area contributed by atoms with Gasteiger partial charge < -0.3 is 10.2 Å². The minimum atomic E-state index is -0.362. The van der Waals surface area contributed by atoms with Crippen LogP contribution in [-0.2, 0) is 4.79 Å². The molecule has 0 bridgehead atoms. The van der Waals surface area contributed by atoms with Crippen molar-refractivity contribution in [2.45, 2.75) is 59.4 Å². The standard InChI is InChI=1S/C21H31FN2O2/c1-20(2,3)14-21(4,5)23-18(25)16-7-6-12-24(13-16)19(26)15-8-10-17(22)11-9-15/h8-11,16H,6-7,12-14H2,1-5H3,(H,23,25). The van der Waals surface area contributed by atoms with Gasteiger partial charge in [-0.1, -0.05) is 20.8 Å². The highest BCUT2D eigenvalue weighted by Crippen LogP contribution is 2.28. The first-order valence-corrected chi connectivity index (χ1v) is 9.34. The number of likely N-dealkylation sites (tertiary alicyclic amines) is 1. The lowest BCUT2D eigenvalue weighted by atomic mass is 9.81. The van der Waals surface area contributed by atoms with Crippen LogP contribution in [0.3, 0.4) is 0 Å². The van der Waals surface area contributed by atoms with Crippen LogP contribution in [0.4, 0.5) is 4.39 Å². The summed E-state index contributed by atoms with van der Waals surface area (Å²) in [5.41, 5.74) is 0.285. The molecule has 5 heteroatoms. The monoisotopic (exact) mass is 362 g/mol. The van der Waals surface area contributed by atoms with Crippen molar-refractivity contribution in [3.63, 3.8) is 0 Å². The lowest BCUT2D eigenvalue weighted by Crippen LogP contribution is -2.52. The summed E-state index contributed by atoms with van der Waals surface area (Å²) in [7, 11) is 0. The molecule has 1 aliphatic rings. The molecule has 0 saturated carbocycles. The molecule has 1 atom stereocenters. The molecule has 0 aromatic heterocycles. The van der Waals surface area contributed by atoms with Gasteiger partial charge in [0.1, 0.15) is 5.82 Å². The molecule has 1 heterocycles. The fraction of sp³-hybridized carbons (Fsp3) is 0.619. The number of nitrogens with zero attached hydrogens (tertiary/aromatic N) is 1. The Kier molecular flexibility index (Phi) is 6.09. The van der Waals surface area contributed by atoms with Crippen molar-refractivity contribution < 1.29 is 14.0 Å². The summed E-state index contributed by atoms with van der Waals surface area (Å²) in [5.74, 6) is -0.696. The number of rotatable bonds is 4. The topological polar surface area (TPSA) is 49.4 Å². The van der Waals surface area contributed by atoms with Crippen LogP contribution in [0.1, 0.15) is 64.2 Å². The molecule has 4 nitrogen and oxygen atoms in total. The number of halogens is 1. The maximum atomic E-state index is 13.1. The van der Waals surface area contributed by atoms with Gasteiger partial charge in [0, 0.05) is 24.2 Å². The average molecular weight is 362 g/mol. The molecule has 0 spiro atoms. The van der Waals surface area contributed by atoms with Crippen molar-refractivity contribution >= 4 is 11.8 Å². The lowest BCUT2D eigenvalue weighted by molar-refractivity contribution is -0.128. The molecule has 0 aliphatic carbocycles. The van der Waals surface area contributed by atoms with Crippen molar-refractivity contribution in [3.8, 4) is 0 Å². The van der Waals surface area contributed by atoms with E-state index in [-0.39, 0.29) is 34.5 Å². The summed E-state index contributed by atoms with van der Waals surface area (Å²) in [6, 6.07) is 5.56. The van der Waals surface area contributed by atoms with Gasteiger partial charge in [0.15, 0.2) is 0 Å². The summed E-state index contributed by atoms with van der Waals surface area (Å²) in [6.07, 6.45) is 2.45. The van der Waals surface area contributed by atoms with E-state index in [1.165, 1.54) is 24.3 Å². The maximum absolute atomic E-state index is 13.1. The van der Waals surface area contributed by atoms with Gasteiger partial charge in [0.2, 0.25) is 5.91 Å². The van der Waals surface area contributed by atoms with E-state index in [4.69, 9.17) is 0 Å². The highest BCUT2D eigenvalue weighted by atomic mass is 19.1. The molecule has 0 radical (unpaired) electrons. The second kappa shape index (κ2) is 7.77. The second-order valence-electron chi connectivity index (χ2n) is 9.21. The third kappa shape index (κ3) is 5.82. The first kappa shape index (κ1) is 20.4. The third-order valence-corrected chi connectivity index (χ3v) is 4.60. The Morgan fingerprint density at radius 2 is 1.77 bits per heavy atom. The number of benzene rings is 1. The van der Waals surface area contributed by atoms with E-state index in [1.54, 1.807) is 4.90 Å². The minimum absolute atomic E-state index is 0.0101. The van der Waals surface area contributed by atoms with E-state index in [0.29, 0.717) is 18.7 Å².